The number of imide groups is 1. The van der Waals surface area contributed by atoms with Gasteiger partial charge in [-0.25, -0.2) is 18.0 Å². The lowest BCUT2D eigenvalue weighted by molar-refractivity contribution is -0.149. The Morgan fingerprint density at radius 2 is 1.34 bits per heavy atom. The molecule has 0 aliphatic carbocycles. The van der Waals surface area contributed by atoms with Crippen molar-refractivity contribution < 1.29 is 37.1 Å². The van der Waals surface area contributed by atoms with Gasteiger partial charge >= 0.3 is 11.9 Å². The number of fused-ring (bicyclic) bond motifs is 1. The summed E-state index contributed by atoms with van der Waals surface area (Å²) in [4.78, 5) is 52.8. The monoisotopic (exact) mass is 535 g/mol. The van der Waals surface area contributed by atoms with Crippen LogP contribution in [0.4, 0.5) is 0 Å². The van der Waals surface area contributed by atoms with Crippen LogP contribution in [-0.4, -0.2) is 55.1 Å². The maximum Gasteiger partial charge on any atom is 0.338 e. The van der Waals surface area contributed by atoms with Gasteiger partial charge in [0.25, 0.3) is 11.8 Å². The van der Waals surface area contributed by atoms with Crippen LogP contribution in [0.2, 0.25) is 0 Å². The Hall–Kier alpha value is -4.31. The molecule has 0 fully saturated rings. The van der Waals surface area contributed by atoms with Crippen LogP contribution in [0.15, 0.2) is 78.9 Å². The first kappa shape index (κ1) is 26.7. The van der Waals surface area contributed by atoms with E-state index >= 15 is 0 Å². The van der Waals surface area contributed by atoms with Gasteiger partial charge in [-0.2, -0.15) is 0 Å². The minimum absolute atomic E-state index is 0.00479. The summed E-state index contributed by atoms with van der Waals surface area (Å²) in [7, 11) is -3.52. The molecule has 9 nitrogen and oxygen atoms in total. The standard InChI is InChI=1S/C28H25NO8S/c1-38(34,35)15-14-24(28(33)37-18-20-10-6-3-7-11-20)29-25(30)22-13-12-21(16-23(22)26(29)31)27(32)36-17-19-8-4-2-5-9-19/h2-13,16,24H,14-15,17-18H2,1H3/t24-/m0/s1. The van der Waals surface area contributed by atoms with Gasteiger partial charge < -0.3 is 9.47 Å². The Balaban J connectivity index is 1.54. The molecule has 10 heteroatoms. The Labute approximate surface area is 219 Å². The third-order valence-electron chi connectivity index (χ3n) is 5.94. The molecule has 1 heterocycles. The highest BCUT2D eigenvalue weighted by Crippen LogP contribution is 2.28. The summed E-state index contributed by atoms with van der Waals surface area (Å²) in [5, 5.41) is 0. The average molecular weight is 536 g/mol. The Morgan fingerprint density at radius 1 is 0.789 bits per heavy atom. The molecule has 3 aromatic carbocycles. The molecular formula is C28H25NO8S. The van der Waals surface area contributed by atoms with Gasteiger partial charge in [-0.05, 0) is 35.7 Å². The van der Waals surface area contributed by atoms with Crippen LogP contribution in [-0.2, 0) is 37.3 Å². The van der Waals surface area contributed by atoms with Crippen molar-refractivity contribution in [3.63, 3.8) is 0 Å². The Bertz CT molecular complexity index is 1470. The molecule has 0 unspecified atom stereocenters. The zero-order chi connectivity index (χ0) is 27.3. The van der Waals surface area contributed by atoms with Crippen LogP contribution >= 0.6 is 0 Å². The predicted octanol–water partition coefficient (Wildman–Crippen LogP) is 3.19. The third-order valence-corrected chi connectivity index (χ3v) is 6.91. The van der Waals surface area contributed by atoms with E-state index in [1.165, 1.54) is 18.2 Å². The van der Waals surface area contributed by atoms with Gasteiger partial charge in [0.15, 0.2) is 0 Å². The quantitative estimate of drug-likeness (QED) is 0.286. The first-order valence-electron chi connectivity index (χ1n) is 11.8. The van der Waals surface area contributed by atoms with Gasteiger partial charge in [0.2, 0.25) is 0 Å². The molecule has 196 valence electrons. The van der Waals surface area contributed by atoms with Crippen LogP contribution < -0.4 is 0 Å². The molecule has 3 aromatic rings. The lowest BCUT2D eigenvalue weighted by Crippen LogP contribution is -2.46. The molecule has 1 aliphatic heterocycles. The summed E-state index contributed by atoms with van der Waals surface area (Å²) in [5.74, 6) is -3.63. The van der Waals surface area contributed by atoms with E-state index < -0.39 is 45.4 Å². The van der Waals surface area contributed by atoms with Crippen molar-refractivity contribution in [2.45, 2.75) is 25.7 Å². The fourth-order valence-corrected chi connectivity index (χ4v) is 4.63. The SMILES string of the molecule is CS(=O)(=O)CC[C@@H](C(=O)OCc1ccccc1)N1C(=O)c2ccc(C(=O)OCc3ccccc3)cc2C1=O. The molecule has 1 aliphatic rings. The predicted molar refractivity (Wildman–Crippen MR) is 137 cm³/mol. The Morgan fingerprint density at radius 3 is 1.92 bits per heavy atom. The molecule has 2 amide bonds. The van der Waals surface area contributed by atoms with E-state index in [2.05, 4.69) is 0 Å². The fourth-order valence-electron chi connectivity index (χ4n) is 3.98. The lowest BCUT2D eigenvalue weighted by Gasteiger charge is -2.24. The molecule has 0 bridgehead atoms. The van der Waals surface area contributed by atoms with E-state index in [9.17, 15) is 27.6 Å². The number of benzene rings is 3. The van der Waals surface area contributed by atoms with E-state index in [-0.39, 0.29) is 36.3 Å². The minimum Gasteiger partial charge on any atom is -0.459 e. The van der Waals surface area contributed by atoms with Gasteiger partial charge in [-0.15, -0.1) is 0 Å². The van der Waals surface area contributed by atoms with E-state index in [4.69, 9.17) is 9.47 Å². The summed E-state index contributed by atoms with van der Waals surface area (Å²) in [6.07, 6.45) is 0.666. The molecular weight excluding hydrogens is 510 g/mol. The summed E-state index contributed by atoms with van der Waals surface area (Å²) >= 11 is 0. The van der Waals surface area contributed by atoms with Crippen molar-refractivity contribution in [2.75, 3.05) is 12.0 Å². The maximum absolute atomic E-state index is 13.3. The summed E-state index contributed by atoms with van der Waals surface area (Å²) in [6.45, 7) is -0.0911. The number of nitrogens with zero attached hydrogens (tertiary/aromatic N) is 1. The van der Waals surface area contributed by atoms with Crippen LogP contribution in [0.1, 0.15) is 48.6 Å². The second-order valence-corrected chi connectivity index (χ2v) is 11.1. The van der Waals surface area contributed by atoms with Gasteiger partial charge in [-0.3, -0.25) is 14.5 Å². The maximum atomic E-state index is 13.3. The van der Waals surface area contributed by atoms with Gasteiger partial charge in [0, 0.05) is 6.26 Å². The number of sulfone groups is 1. The second-order valence-electron chi connectivity index (χ2n) is 8.83. The molecule has 0 N–H and O–H groups in total. The zero-order valence-electron chi connectivity index (χ0n) is 20.5. The highest BCUT2D eigenvalue weighted by molar-refractivity contribution is 7.90. The number of carbonyl (C=O) groups excluding carboxylic acids is 4. The van der Waals surface area contributed by atoms with Gasteiger partial charge in [0.1, 0.15) is 29.1 Å². The first-order valence-corrected chi connectivity index (χ1v) is 13.8. The largest absolute Gasteiger partial charge is 0.459 e. The highest BCUT2D eigenvalue weighted by Gasteiger charge is 2.44. The van der Waals surface area contributed by atoms with E-state index in [0.717, 1.165) is 11.8 Å². The van der Waals surface area contributed by atoms with Gasteiger partial charge in [-0.1, -0.05) is 60.7 Å². The third kappa shape index (κ3) is 6.33. The molecule has 1 atom stereocenters. The summed E-state index contributed by atoms with van der Waals surface area (Å²) in [5.41, 5.74) is 1.44. The van der Waals surface area contributed by atoms with E-state index in [1.54, 1.807) is 42.5 Å². The zero-order valence-corrected chi connectivity index (χ0v) is 21.3. The second kappa shape index (κ2) is 11.4. The molecule has 38 heavy (non-hydrogen) atoms. The topological polar surface area (TPSA) is 124 Å². The van der Waals surface area contributed by atoms with Crippen molar-refractivity contribution in [3.8, 4) is 0 Å². The number of carbonyl (C=O) groups is 4. The number of ether oxygens (including phenoxy) is 2. The number of rotatable bonds is 10. The van der Waals surface area contributed by atoms with Crippen molar-refractivity contribution >= 4 is 33.6 Å². The van der Waals surface area contributed by atoms with Crippen molar-refractivity contribution in [2.24, 2.45) is 0 Å². The van der Waals surface area contributed by atoms with Gasteiger partial charge in [0.05, 0.1) is 22.4 Å². The molecule has 0 aromatic heterocycles. The van der Waals surface area contributed by atoms with E-state index in [0.29, 0.717) is 10.5 Å². The Kier molecular flexibility index (Phi) is 8.02. The number of hydrogen-bond acceptors (Lipinski definition) is 8. The number of esters is 2. The normalized spacial score (nSPS) is 13.7. The molecule has 0 saturated heterocycles. The van der Waals surface area contributed by atoms with Crippen LogP contribution in [0, 0.1) is 0 Å². The average Bonchev–Trinajstić information content (AvgIpc) is 3.16. The highest BCUT2D eigenvalue weighted by atomic mass is 32.2. The lowest BCUT2D eigenvalue weighted by atomic mass is 10.1. The molecule has 0 spiro atoms. The van der Waals surface area contributed by atoms with Crippen LogP contribution in [0.3, 0.4) is 0 Å². The first-order chi connectivity index (χ1) is 18.1. The van der Waals surface area contributed by atoms with Crippen molar-refractivity contribution in [1.29, 1.82) is 0 Å². The number of hydrogen-bond donors (Lipinski definition) is 0. The molecule has 0 radical (unpaired) electrons. The fraction of sp³-hybridized carbons (Fsp3) is 0.214. The van der Waals surface area contributed by atoms with Crippen molar-refractivity contribution in [3.05, 3.63) is 107 Å². The van der Waals surface area contributed by atoms with Crippen molar-refractivity contribution in [1.82, 2.24) is 4.90 Å². The molecule has 4 rings (SSSR count). The van der Waals surface area contributed by atoms with Crippen LogP contribution in [0.5, 0.6) is 0 Å². The summed E-state index contributed by atoms with van der Waals surface area (Å²) in [6, 6.07) is 20.3. The van der Waals surface area contributed by atoms with E-state index in [1.807, 2.05) is 18.2 Å². The molecule has 0 saturated carbocycles. The van der Waals surface area contributed by atoms with Crippen LogP contribution in [0.25, 0.3) is 0 Å². The smallest absolute Gasteiger partial charge is 0.338 e. The minimum atomic E-state index is -3.52. The number of amides is 2. The summed E-state index contributed by atoms with van der Waals surface area (Å²) < 4.78 is 34.3.